The molecule has 18 heavy (non-hydrogen) atoms. The van der Waals surface area contributed by atoms with Gasteiger partial charge in [0.05, 0.1) is 4.90 Å². The Bertz CT molecular complexity index is 679. The zero-order chi connectivity index (χ0) is 13.3. The molecular formula is C12H13N3O2S. The highest BCUT2D eigenvalue weighted by Crippen LogP contribution is 2.28. The van der Waals surface area contributed by atoms with E-state index in [1.54, 1.807) is 36.4 Å². The third-order valence-electron chi connectivity index (χ3n) is 2.53. The van der Waals surface area contributed by atoms with Crippen molar-refractivity contribution in [1.29, 1.82) is 0 Å². The molecule has 0 spiro atoms. The van der Waals surface area contributed by atoms with E-state index in [1.807, 2.05) is 0 Å². The molecule has 0 heterocycles. The van der Waals surface area contributed by atoms with Crippen LogP contribution in [0.4, 0.5) is 11.4 Å². The topological polar surface area (TPSA) is 112 Å². The minimum absolute atomic E-state index is 0.00673. The van der Waals surface area contributed by atoms with Gasteiger partial charge >= 0.3 is 0 Å². The van der Waals surface area contributed by atoms with Crippen LogP contribution in [-0.4, -0.2) is 8.42 Å². The van der Waals surface area contributed by atoms with Crippen molar-refractivity contribution >= 4 is 21.4 Å². The van der Waals surface area contributed by atoms with Crippen molar-refractivity contribution in [3.63, 3.8) is 0 Å². The Morgan fingerprint density at radius 3 is 1.94 bits per heavy atom. The van der Waals surface area contributed by atoms with Crippen molar-refractivity contribution in [3.8, 4) is 11.1 Å². The van der Waals surface area contributed by atoms with Gasteiger partial charge in [-0.2, -0.15) is 0 Å². The first kappa shape index (κ1) is 12.4. The number of nitrogens with two attached hydrogens (primary N) is 3. The minimum Gasteiger partial charge on any atom is -0.399 e. The summed E-state index contributed by atoms with van der Waals surface area (Å²) in [6.45, 7) is 0. The van der Waals surface area contributed by atoms with Gasteiger partial charge in [0.15, 0.2) is 0 Å². The summed E-state index contributed by atoms with van der Waals surface area (Å²) in [4.78, 5) is 0.00673. The molecule has 94 valence electrons. The fourth-order valence-electron chi connectivity index (χ4n) is 1.68. The predicted octanol–water partition coefficient (Wildman–Crippen LogP) is 1.17. The molecule has 2 aromatic rings. The molecule has 0 fully saturated rings. The Labute approximate surface area is 105 Å². The highest BCUT2D eigenvalue weighted by Gasteiger charge is 2.15. The summed E-state index contributed by atoms with van der Waals surface area (Å²) in [6, 6.07) is 11.4. The van der Waals surface area contributed by atoms with Gasteiger partial charge in [-0.3, -0.25) is 0 Å². The molecule has 0 saturated carbocycles. The Balaban J connectivity index is 2.68. The second-order valence-corrected chi connectivity index (χ2v) is 5.45. The number of anilines is 2. The van der Waals surface area contributed by atoms with Gasteiger partial charge in [-0.1, -0.05) is 18.2 Å². The smallest absolute Gasteiger partial charge is 0.238 e. The molecule has 2 rings (SSSR count). The second kappa shape index (κ2) is 4.32. The molecule has 0 aliphatic carbocycles. The number of hydrogen-bond acceptors (Lipinski definition) is 4. The Morgan fingerprint density at radius 2 is 1.39 bits per heavy atom. The lowest BCUT2D eigenvalue weighted by Gasteiger charge is -2.09. The summed E-state index contributed by atoms with van der Waals surface area (Å²) >= 11 is 0. The van der Waals surface area contributed by atoms with Crippen LogP contribution < -0.4 is 16.6 Å². The van der Waals surface area contributed by atoms with Crippen LogP contribution in [0.3, 0.4) is 0 Å². The van der Waals surface area contributed by atoms with E-state index in [0.717, 1.165) is 0 Å². The molecule has 5 nitrogen and oxygen atoms in total. The summed E-state index contributed by atoms with van der Waals surface area (Å²) < 4.78 is 23.1. The van der Waals surface area contributed by atoms with Crippen LogP contribution in [0.2, 0.25) is 0 Å². The number of hydrogen-bond donors (Lipinski definition) is 3. The van der Waals surface area contributed by atoms with Gasteiger partial charge in [0.2, 0.25) is 10.0 Å². The number of rotatable bonds is 2. The van der Waals surface area contributed by atoms with Crippen molar-refractivity contribution in [2.45, 2.75) is 4.90 Å². The maximum Gasteiger partial charge on any atom is 0.238 e. The van der Waals surface area contributed by atoms with E-state index < -0.39 is 10.0 Å². The van der Waals surface area contributed by atoms with Gasteiger partial charge in [0.25, 0.3) is 0 Å². The summed E-state index contributed by atoms with van der Waals surface area (Å²) in [5.74, 6) is 0. The third kappa shape index (κ3) is 2.44. The van der Waals surface area contributed by atoms with E-state index in [2.05, 4.69) is 0 Å². The molecule has 0 amide bonds. The molecule has 6 N–H and O–H groups in total. The van der Waals surface area contributed by atoms with Gasteiger partial charge in [0.1, 0.15) is 0 Å². The third-order valence-corrected chi connectivity index (χ3v) is 3.48. The quantitative estimate of drug-likeness (QED) is 0.706. The largest absolute Gasteiger partial charge is 0.399 e. The van der Waals surface area contributed by atoms with Crippen LogP contribution in [0, 0.1) is 0 Å². The first-order valence-corrected chi connectivity index (χ1v) is 6.71. The van der Waals surface area contributed by atoms with Crippen LogP contribution in [-0.2, 0) is 10.0 Å². The molecule has 0 aliphatic heterocycles. The normalized spacial score (nSPS) is 11.4. The lowest BCUT2D eigenvalue weighted by molar-refractivity contribution is 0.598. The van der Waals surface area contributed by atoms with Crippen LogP contribution in [0.5, 0.6) is 0 Å². The Morgan fingerprint density at radius 1 is 0.833 bits per heavy atom. The van der Waals surface area contributed by atoms with Crippen molar-refractivity contribution in [2.75, 3.05) is 11.5 Å². The molecule has 0 unspecified atom stereocenters. The molecule has 0 atom stereocenters. The number of sulfonamides is 1. The van der Waals surface area contributed by atoms with Gasteiger partial charge < -0.3 is 11.5 Å². The molecule has 0 saturated heterocycles. The minimum atomic E-state index is -3.83. The van der Waals surface area contributed by atoms with E-state index in [4.69, 9.17) is 16.6 Å². The van der Waals surface area contributed by atoms with Gasteiger partial charge in [0, 0.05) is 16.9 Å². The van der Waals surface area contributed by atoms with Gasteiger partial charge in [-0.15, -0.1) is 0 Å². The molecule has 0 aromatic heterocycles. The lowest BCUT2D eigenvalue weighted by Crippen LogP contribution is -2.13. The highest BCUT2D eigenvalue weighted by molar-refractivity contribution is 7.89. The maximum absolute atomic E-state index is 11.5. The zero-order valence-corrected chi connectivity index (χ0v) is 10.3. The number of nitrogen functional groups attached to an aromatic ring is 2. The second-order valence-electron chi connectivity index (χ2n) is 3.92. The van der Waals surface area contributed by atoms with Crippen LogP contribution in [0.25, 0.3) is 11.1 Å². The van der Waals surface area contributed by atoms with E-state index >= 15 is 0 Å². The monoisotopic (exact) mass is 263 g/mol. The van der Waals surface area contributed by atoms with Crippen molar-refractivity contribution < 1.29 is 8.42 Å². The lowest BCUT2D eigenvalue weighted by atomic mass is 10.1. The SMILES string of the molecule is Nc1ccc(-c2ccc(N)cc2S(N)(=O)=O)cc1. The Kier molecular flexibility index (Phi) is 2.98. The zero-order valence-electron chi connectivity index (χ0n) is 9.50. The fraction of sp³-hybridized carbons (Fsp3) is 0. The molecule has 6 heteroatoms. The first-order chi connectivity index (χ1) is 8.38. The van der Waals surface area contributed by atoms with E-state index in [-0.39, 0.29) is 4.90 Å². The van der Waals surface area contributed by atoms with Gasteiger partial charge in [-0.05, 0) is 29.8 Å². The van der Waals surface area contributed by atoms with E-state index in [9.17, 15) is 8.42 Å². The molecule has 2 aromatic carbocycles. The number of benzene rings is 2. The molecular weight excluding hydrogens is 250 g/mol. The maximum atomic E-state index is 11.5. The predicted molar refractivity (Wildman–Crippen MR) is 72.1 cm³/mol. The van der Waals surface area contributed by atoms with Crippen molar-refractivity contribution in [3.05, 3.63) is 42.5 Å². The average Bonchev–Trinajstić information content (AvgIpc) is 2.29. The highest BCUT2D eigenvalue weighted by atomic mass is 32.2. The van der Waals surface area contributed by atoms with E-state index in [1.165, 1.54) is 6.07 Å². The van der Waals surface area contributed by atoms with Crippen molar-refractivity contribution in [1.82, 2.24) is 0 Å². The summed E-state index contributed by atoms with van der Waals surface area (Å²) in [7, 11) is -3.83. The van der Waals surface area contributed by atoms with Crippen LogP contribution in [0.15, 0.2) is 47.4 Å². The van der Waals surface area contributed by atoms with E-state index in [0.29, 0.717) is 22.5 Å². The number of primary sulfonamides is 1. The molecule has 0 aliphatic rings. The van der Waals surface area contributed by atoms with Crippen LogP contribution in [0.1, 0.15) is 0 Å². The molecule has 0 radical (unpaired) electrons. The summed E-state index contributed by atoms with van der Waals surface area (Å²) in [6.07, 6.45) is 0. The standard InChI is InChI=1S/C12H13N3O2S/c13-9-3-1-8(2-4-9)11-6-5-10(14)7-12(11)18(15,16)17/h1-7H,13-14H2,(H2,15,16,17). The molecule has 0 bridgehead atoms. The van der Waals surface area contributed by atoms with Gasteiger partial charge in [-0.25, -0.2) is 13.6 Å². The Hall–Kier alpha value is -2.05. The summed E-state index contributed by atoms with van der Waals surface area (Å²) in [5.41, 5.74) is 13.3. The first-order valence-electron chi connectivity index (χ1n) is 5.16. The fourth-order valence-corrected chi connectivity index (χ4v) is 2.47. The van der Waals surface area contributed by atoms with Crippen molar-refractivity contribution in [2.24, 2.45) is 5.14 Å². The average molecular weight is 263 g/mol. The summed E-state index contributed by atoms with van der Waals surface area (Å²) in [5, 5.41) is 5.19. The van der Waals surface area contributed by atoms with Crippen LogP contribution >= 0.6 is 0 Å².